The number of fused-ring (bicyclic) bond motifs is 1. The Labute approximate surface area is 153 Å². The van der Waals surface area contributed by atoms with E-state index in [2.05, 4.69) is 34.9 Å². The van der Waals surface area contributed by atoms with Crippen molar-refractivity contribution in [1.82, 2.24) is 19.7 Å². The highest BCUT2D eigenvalue weighted by Crippen LogP contribution is 2.23. The van der Waals surface area contributed by atoms with Crippen LogP contribution in [0.5, 0.6) is 0 Å². The van der Waals surface area contributed by atoms with E-state index < -0.39 is 0 Å². The number of amides is 1. The molecule has 1 amide bonds. The van der Waals surface area contributed by atoms with Crippen LogP contribution in [0.2, 0.25) is 0 Å². The van der Waals surface area contributed by atoms with E-state index in [9.17, 15) is 4.79 Å². The average molecular weight is 359 g/mol. The molecule has 2 fully saturated rings. The Morgan fingerprint density at radius 1 is 1.12 bits per heavy atom. The summed E-state index contributed by atoms with van der Waals surface area (Å²) in [5.41, 5.74) is 1.10. The third kappa shape index (κ3) is 3.71. The van der Waals surface area contributed by atoms with E-state index in [0.29, 0.717) is 5.91 Å². The zero-order valence-corrected chi connectivity index (χ0v) is 15.7. The Morgan fingerprint density at radius 3 is 2.56 bits per heavy atom. The lowest BCUT2D eigenvalue weighted by molar-refractivity contribution is -0.136. The molecule has 1 aromatic heterocycles. The lowest BCUT2D eigenvalue weighted by atomic mass is 10.2. The van der Waals surface area contributed by atoms with Gasteiger partial charge in [0.25, 0.3) is 0 Å². The number of carbonyl (C=O) groups is 1. The maximum Gasteiger partial charge on any atom is 0.239 e. The summed E-state index contributed by atoms with van der Waals surface area (Å²) in [5, 5.41) is 1.19. The molecule has 6 heteroatoms. The van der Waals surface area contributed by atoms with Gasteiger partial charge in [-0.15, -0.1) is 11.3 Å². The van der Waals surface area contributed by atoms with Crippen LogP contribution in [0.3, 0.4) is 0 Å². The van der Waals surface area contributed by atoms with Crippen molar-refractivity contribution in [2.45, 2.75) is 32.4 Å². The second-order valence-electron chi connectivity index (χ2n) is 7.10. The van der Waals surface area contributed by atoms with Gasteiger partial charge in [-0.05, 0) is 31.9 Å². The molecule has 0 spiro atoms. The summed E-state index contributed by atoms with van der Waals surface area (Å²) in [6.45, 7) is 8.82. The normalized spacial score (nSPS) is 21.1. The van der Waals surface area contributed by atoms with Gasteiger partial charge in [0.2, 0.25) is 5.91 Å². The molecule has 5 nitrogen and oxygen atoms in total. The van der Waals surface area contributed by atoms with Gasteiger partial charge in [0, 0.05) is 39.3 Å². The minimum absolute atomic E-state index is 0.0164. The molecule has 2 saturated heterocycles. The number of nitrogens with zero attached hydrogens (tertiary/aromatic N) is 4. The molecule has 3 heterocycles. The Bertz CT molecular complexity index is 699. The Hall–Kier alpha value is -1.50. The van der Waals surface area contributed by atoms with Crippen molar-refractivity contribution in [3.8, 4) is 0 Å². The zero-order chi connectivity index (χ0) is 17.2. The summed E-state index contributed by atoms with van der Waals surface area (Å²) in [6.07, 6.45) is 2.32. The summed E-state index contributed by atoms with van der Waals surface area (Å²) in [4.78, 5) is 24.2. The van der Waals surface area contributed by atoms with Gasteiger partial charge in [-0.1, -0.05) is 12.1 Å². The lowest BCUT2D eigenvalue weighted by Crippen LogP contribution is -2.54. The molecule has 0 radical (unpaired) electrons. The molecule has 0 bridgehead atoms. The number of hydrogen-bond acceptors (Lipinski definition) is 5. The summed E-state index contributed by atoms with van der Waals surface area (Å²) in [5.74, 6) is 0.317. The molecule has 0 N–H and O–H groups in total. The SMILES string of the molecule is C[C@H](C(=O)N1CCCC1)N1CCN(Cc2nc3ccccc3s2)CC1. The third-order valence-corrected chi connectivity index (χ3v) is 6.45. The van der Waals surface area contributed by atoms with E-state index in [1.54, 1.807) is 11.3 Å². The van der Waals surface area contributed by atoms with Crippen molar-refractivity contribution in [3.63, 3.8) is 0 Å². The molecular weight excluding hydrogens is 332 g/mol. The van der Waals surface area contributed by atoms with E-state index in [0.717, 1.165) is 64.2 Å². The fraction of sp³-hybridized carbons (Fsp3) is 0.579. The van der Waals surface area contributed by atoms with Crippen molar-refractivity contribution in [2.75, 3.05) is 39.3 Å². The van der Waals surface area contributed by atoms with Crippen LogP contribution in [0.15, 0.2) is 24.3 Å². The number of benzene rings is 1. The topological polar surface area (TPSA) is 39.7 Å². The first kappa shape index (κ1) is 16.9. The maximum absolute atomic E-state index is 12.6. The number of carbonyl (C=O) groups excluding carboxylic acids is 1. The molecule has 0 aliphatic carbocycles. The van der Waals surface area contributed by atoms with Crippen LogP contribution in [-0.2, 0) is 11.3 Å². The molecule has 134 valence electrons. The molecule has 25 heavy (non-hydrogen) atoms. The van der Waals surface area contributed by atoms with Gasteiger partial charge in [-0.3, -0.25) is 14.6 Å². The molecular formula is C19H26N4OS. The summed E-state index contributed by atoms with van der Waals surface area (Å²) >= 11 is 1.79. The highest BCUT2D eigenvalue weighted by Gasteiger charge is 2.29. The number of likely N-dealkylation sites (tertiary alicyclic amines) is 1. The molecule has 1 aromatic carbocycles. The number of aromatic nitrogens is 1. The van der Waals surface area contributed by atoms with E-state index in [1.807, 2.05) is 11.0 Å². The fourth-order valence-corrected chi connectivity index (χ4v) is 4.86. The Balaban J connectivity index is 1.31. The Kier molecular flexibility index (Phi) is 5.01. The van der Waals surface area contributed by atoms with E-state index in [-0.39, 0.29) is 6.04 Å². The molecule has 0 saturated carbocycles. The van der Waals surface area contributed by atoms with Crippen LogP contribution in [0.4, 0.5) is 0 Å². The van der Waals surface area contributed by atoms with Gasteiger partial charge in [0.15, 0.2) is 0 Å². The summed E-state index contributed by atoms with van der Waals surface area (Å²) in [7, 11) is 0. The quantitative estimate of drug-likeness (QED) is 0.842. The van der Waals surface area contributed by atoms with Gasteiger partial charge < -0.3 is 4.90 Å². The van der Waals surface area contributed by atoms with Gasteiger partial charge >= 0.3 is 0 Å². The fourth-order valence-electron chi connectivity index (χ4n) is 3.85. The highest BCUT2D eigenvalue weighted by atomic mass is 32.1. The minimum Gasteiger partial charge on any atom is -0.341 e. The van der Waals surface area contributed by atoms with Crippen molar-refractivity contribution >= 4 is 27.5 Å². The average Bonchev–Trinajstić information content (AvgIpc) is 3.30. The first-order valence-electron chi connectivity index (χ1n) is 9.30. The van der Waals surface area contributed by atoms with E-state index >= 15 is 0 Å². The van der Waals surface area contributed by atoms with Crippen LogP contribution in [-0.4, -0.2) is 70.9 Å². The molecule has 4 rings (SSSR count). The van der Waals surface area contributed by atoms with Crippen molar-refractivity contribution in [2.24, 2.45) is 0 Å². The molecule has 2 aliphatic heterocycles. The van der Waals surface area contributed by atoms with Crippen LogP contribution >= 0.6 is 11.3 Å². The van der Waals surface area contributed by atoms with Crippen molar-refractivity contribution in [3.05, 3.63) is 29.3 Å². The van der Waals surface area contributed by atoms with Crippen LogP contribution in [0.1, 0.15) is 24.8 Å². The molecule has 1 atom stereocenters. The Morgan fingerprint density at radius 2 is 1.84 bits per heavy atom. The second kappa shape index (κ2) is 7.40. The molecule has 2 aliphatic rings. The van der Waals surface area contributed by atoms with Gasteiger partial charge in [-0.2, -0.15) is 0 Å². The monoisotopic (exact) mass is 358 g/mol. The standard InChI is InChI=1S/C19H26N4OS/c1-15(19(24)23-8-4-5-9-23)22-12-10-21(11-13-22)14-18-20-16-6-2-3-7-17(16)25-18/h2-3,6-7,15H,4-5,8-14H2,1H3/t15-/m1/s1. The number of hydrogen-bond donors (Lipinski definition) is 0. The first-order chi connectivity index (χ1) is 12.2. The minimum atomic E-state index is 0.0164. The zero-order valence-electron chi connectivity index (χ0n) is 14.9. The van der Waals surface area contributed by atoms with Crippen molar-refractivity contribution < 1.29 is 4.79 Å². The van der Waals surface area contributed by atoms with Crippen LogP contribution in [0, 0.1) is 0 Å². The highest BCUT2D eigenvalue weighted by molar-refractivity contribution is 7.18. The van der Waals surface area contributed by atoms with Gasteiger partial charge in [0.1, 0.15) is 5.01 Å². The molecule has 2 aromatic rings. The van der Waals surface area contributed by atoms with E-state index in [1.165, 1.54) is 9.71 Å². The number of para-hydroxylation sites is 1. The van der Waals surface area contributed by atoms with Gasteiger partial charge in [-0.25, -0.2) is 4.98 Å². The summed E-state index contributed by atoms with van der Waals surface area (Å²) in [6, 6.07) is 8.35. The third-order valence-electron chi connectivity index (χ3n) is 5.43. The number of piperazine rings is 1. The van der Waals surface area contributed by atoms with Gasteiger partial charge in [0.05, 0.1) is 22.8 Å². The smallest absolute Gasteiger partial charge is 0.239 e. The second-order valence-corrected chi connectivity index (χ2v) is 8.21. The van der Waals surface area contributed by atoms with Crippen molar-refractivity contribution in [1.29, 1.82) is 0 Å². The molecule has 0 unspecified atom stereocenters. The first-order valence-corrected chi connectivity index (χ1v) is 10.1. The lowest BCUT2D eigenvalue weighted by Gasteiger charge is -2.38. The predicted molar refractivity (Wildman–Crippen MR) is 102 cm³/mol. The largest absolute Gasteiger partial charge is 0.341 e. The number of thiazole rings is 1. The van der Waals surface area contributed by atoms with Crippen LogP contribution < -0.4 is 0 Å². The maximum atomic E-state index is 12.6. The van der Waals surface area contributed by atoms with Crippen LogP contribution in [0.25, 0.3) is 10.2 Å². The summed E-state index contributed by atoms with van der Waals surface area (Å²) < 4.78 is 1.26. The number of rotatable bonds is 4. The van der Waals surface area contributed by atoms with E-state index in [4.69, 9.17) is 4.98 Å². The predicted octanol–water partition coefficient (Wildman–Crippen LogP) is 2.42.